The summed E-state index contributed by atoms with van der Waals surface area (Å²) in [5.41, 5.74) is 0.569. The third-order valence-electron chi connectivity index (χ3n) is 2.70. The van der Waals surface area contributed by atoms with E-state index in [1.54, 1.807) is 37.1 Å². The first-order chi connectivity index (χ1) is 9.31. The Morgan fingerprint density at radius 2 is 2.15 bits per heavy atom. The van der Waals surface area contributed by atoms with E-state index in [0.29, 0.717) is 23.1 Å². The van der Waals surface area contributed by atoms with Crippen LogP contribution < -0.4 is 4.74 Å². The molecule has 4 nitrogen and oxygen atoms in total. The fraction of sp³-hybridized carbons (Fsp3) is 0.462. The van der Waals surface area contributed by atoms with E-state index in [1.807, 2.05) is 0 Å². The molecule has 0 aliphatic carbocycles. The minimum Gasteiger partial charge on any atom is -0.481 e. The molecule has 1 rings (SSSR count). The van der Waals surface area contributed by atoms with Crippen LogP contribution in [0.2, 0.25) is 0 Å². The third kappa shape index (κ3) is 5.05. The molecule has 0 aromatic heterocycles. The van der Waals surface area contributed by atoms with Crippen LogP contribution >= 0.6 is 15.9 Å². The van der Waals surface area contributed by atoms with Crippen molar-refractivity contribution in [1.82, 2.24) is 4.90 Å². The lowest BCUT2D eigenvalue weighted by Crippen LogP contribution is -2.28. The second-order valence-electron chi connectivity index (χ2n) is 4.54. The van der Waals surface area contributed by atoms with E-state index >= 15 is 0 Å². The standard InChI is InChI=1S/C13H16BrF2NO3/c1-8(12(18)19)6-17(2)7-9-4-3-5-10(14)11(9)20-13(15)16/h3-5,8,13H,6-7H2,1-2H3,(H,18,19). The number of carboxylic acids is 1. The van der Waals surface area contributed by atoms with Crippen molar-refractivity contribution in [2.24, 2.45) is 5.92 Å². The molecular weight excluding hydrogens is 336 g/mol. The van der Waals surface area contributed by atoms with Gasteiger partial charge in [-0.05, 0) is 29.0 Å². The molecule has 0 heterocycles. The van der Waals surface area contributed by atoms with Crippen LogP contribution in [0.5, 0.6) is 5.75 Å². The average Bonchev–Trinajstić information content (AvgIpc) is 2.32. The highest BCUT2D eigenvalue weighted by atomic mass is 79.9. The van der Waals surface area contributed by atoms with Gasteiger partial charge in [0.2, 0.25) is 0 Å². The van der Waals surface area contributed by atoms with Crippen LogP contribution in [-0.4, -0.2) is 36.2 Å². The third-order valence-corrected chi connectivity index (χ3v) is 3.33. The van der Waals surface area contributed by atoms with Gasteiger partial charge in [0, 0.05) is 18.7 Å². The van der Waals surface area contributed by atoms with Crippen molar-refractivity contribution in [2.75, 3.05) is 13.6 Å². The van der Waals surface area contributed by atoms with Crippen molar-refractivity contribution in [3.63, 3.8) is 0 Å². The first-order valence-corrected chi connectivity index (χ1v) is 6.74. The number of carbonyl (C=O) groups is 1. The molecule has 1 aromatic rings. The van der Waals surface area contributed by atoms with Gasteiger partial charge < -0.3 is 14.7 Å². The van der Waals surface area contributed by atoms with Gasteiger partial charge >= 0.3 is 12.6 Å². The molecule has 0 bridgehead atoms. The Morgan fingerprint density at radius 1 is 1.50 bits per heavy atom. The van der Waals surface area contributed by atoms with Crippen molar-refractivity contribution < 1.29 is 23.4 Å². The first kappa shape index (κ1) is 16.8. The number of alkyl halides is 2. The number of rotatable bonds is 7. The van der Waals surface area contributed by atoms with E-state index in [9.17, 15) is 13.6 Å². The van der Waals surface area contributed by atoms with E-state index in [2.05, 4.69) is 20.7 Å². The first-order valence-electron chi connectivity index (χ1n) is 5.94. The number of nitrogens with zero attached hydrogens (tertiary/aromatic N) is 1. The van der Waals surface area contributed by atoms with Crippen molar-refractivity contribution in [3.8, 4) is 5.75 Å². The quantitative estimate of drug-likeness (QED) is 0.819. The average molecular weight is 352 g/mol. The summed E-state index contributed by atoms with van der Waals surface area (Å²) < 4.78 is 29.7. The van der Waals surface area contributed by atoms with Crippen molar-refractivity contribution in [2.45, 2.75) is 20.1 Å². The number of hydrogen-bond acceptors (Lipinski definition) is 3. The zero-order valence-electron chi connectivity index (χ0n) is 11.1. The van der Waals surface area contributed by atoms with Crippen molar-refractivity contribution in [3.05, 3.63) is 28.2 Å². The summed E-state index contributed by atoms with van der Waals surface area (Å²) in [5.74, 6) is -1.35. The van der Waals surface area contributed by atoms with Gasteiger partial charge in [-0.1, -0.05) is 19.1 Å². The van der Waals surface area contributed by atoms with Gasteiger partial charge in [0.25, 0.3) is 0 Å². The number of benzene rings is 1. The molecule has 1 unspecified atom stereocenters. The van der Waals surface area contributed by atoms with Crippen molar-refractivity contribution in [1.29, 1.82) is 0 Å². The Kier molecular flexibility index (Phi) is 6.35. The zero-order valence-corrected chi connectivity index (χ0v) is 12.7. The summed E-state index contributed by atoms with van der Waals surface area (Å²) in [6.07, 6.45) is 0. The van der Waals surface area contributed by atoms with Gasteiger partial charge in [0.1, 0.15) is 5.75 Å². The van der Waals surface area contributed by atoms with Gasteiger partial charge in [0.15, 0.2) is 0 Å². The monoisotopic (exact) mass is 351 g/mol. The molecule has 0 saturated heterocycles. The Bertz CT molecular complexity index is 471. The number of para-hydroxylation sites is 1. The van der Waals surface area contributed by atoms with E-state index < -0.39 is 18.5 Å². The van der Waals surface area contributed by atoms with E-state index in [1.165, 1.54) is 0 Å². The van der Waals surface area contributed by atoms with E-state index in [0.717, 1.165) is 0 Å². The van der Waals surface area contributed by atoms with Crippen LogP contribution in [0.3, 0.4) is 0 Å². The minimum atomic E-state index is -2.91. The molecule has 0 spiro atoms. The maximum atomic E-state index is 12.4. The Labute approximate surface area is 124 Å². The smallest absolute Gasteiger partial charge is 0.387 e. The number of halogens is 3. The molecule has 7 heteroatoms. The van der Waals surface area contributed by atoms with Crippen molar-refractivity contribution >= 4 is 21.9 Å². The predicted molar refractivity (Wildman–Crippen MR) is 73.9 cm³/mol. The number of carboxylic acid groups (broad SMARTS) is 1. The molecule has 20 heavy (non-hydrogen) atoms. The topological polar surface area (TPSA) is 49.8 Å². The molecule has 0 amide bonds. The molecule has 1 N–H and O–H groups in total. The summed E-state index contributed by atoms with van der Waals surface area (Å²) in [7, 11) is 1.73. The molecule has 0 fully saturated rings. The predicted octanol–water partition coefficient (Wildman–Crippen LogP) is 3.20. The maximum Gasteiger partial charge on any atom is 0.387 e. The van der Waals surface area contributed by atoms with Crippen LogP contribution in [0.1, 0.15) is 12.5 Å². The van der Waals surface area contributed by atoms with Crippen LogP contribution in [-0.2, 0) is 11.3 Å². The van der Waals surface area contributed by atoms with Gasteiger partial charge in [-0.2, -0.15) is 8.78 Å². The zero-order chi connectivity index (χ0) is 15.3. The number of hydrogen-bond donors (Lipinski definition) is 1. The molecule has 0 aliphatic heterocycles. The highest BCUT2D eigenvalue weighted by Crippen LogP contribution is 2.31. The number of aliphatic carboxylic acids is 1. The van der Waals surface area contributed by atoms with Crippen LogP contribution in [0, 0.1) is 5.92 Å². The van der Waals surface area contributed by atoms with Gasteiger partial charge in [-0.3, -0.25) is 4.79 Å². The molecule has 1 atom stereocenters. The summed E-state index contributed by atoms with van der Waals surface area (Å²) in [6, 6.07) is 5.00. The molecule has 0 aliphatic rings. The fourth-order valence-electron chi connectivity index (χ4n) is 1.80. The van der Waals surface area contributed by atoms with E-state index in [4.69, 9.17) is 5.11 Å². The highest BCUT2D eigenvalue weighted by molar-refractivity contribution is 9.10. The normalized spacial score (nSPS) is 12.8. The summed E-state index contributed by atoms with van der Waals surface area (Å²) in [6.45, 7) is -0.679. The molecular formula is C13H16BrF2NO3. The van der Waals surface area contributed by atoms with Gasteiger partial charge in [0.05, 0.1) is 10.4 Å². The minimum absolute atomic E-state index is 0.0809. The summed E-state index contributed by atoms with van der Waals surface area (Å²) >= 11 is 3.17. The van der Waals surface area contributed by atoms with Crippen LogP contribution in [0.4, 0.5) is 8.78 Å². The second-order valence-corrected chi connectivity index (χ2v) is 5.40. The highest BCUT2D eigenvalue weighted by Gasteiger charge is 2.17. The van der Waals surface area contributed by atoms with Gasteiger partial charge in [-0.15, -0.1) is 0 Å². The van der Waals surface area contributed by atoms with Gasteiger partial charge in [-0.25, -0.2) is 0 Å². The van der Waals surface area contributed by atoms with Crippen LogP contribution in [0.15, 0.2) is 22.7 Å². The fourth-order valence-corrected chi connectivity index (χ4v) is 2.30. The van der Waals surface area contributed by atoms with Crippen LogP contribution in [0.25, 0.3) is 0 Å². The summed E-state index contributed by atoms with van der Waals surface area (Å²) in [4.78, 5) is 12.5. The van der Waals surface area contributed by atoms with E-state index in [-0.39, 0.29) is 5.75 Å². The lowest BCUT2D eigenvalue weighted by Gasteiger charge is -2.21. The Morgan fingerprint density at radius 3 is 2.70 bits per heavy atom. The molecule has 0 saturated carbocycles. The Balaban J connectivity index is 2.81. The second kappa shape index (κ2) is 7.54. The Hall–Kier alpha value is -1.21. The molecule has 0 radical (unpaired) electrons. The largest absolute Gasteiger partial charge is 0.481 e. The lowest BCUT2D eigenvalue weighted by atomic mass is 10.1. The SMILES string of the molecule is CC(CN(C)Cc1cccc(Br)c1OC(F)F)C(=O)O. The molecule has 112 valence electrons. The molecule has 1 aromatic carbocycles. The maximum absolute atomic E-state index is 12.4. The lowest BCUT2D eigenvalue weighted by molar-refractivity contribution is -0.141. The summed E-state index contributed by atoms with van der Waals surface area (Å²) in [5, 5.41) is 8.86. The number of ether oxygens (including phenoxy) is 1.